The molecule has 1 rings (SSSR count). The summed E-state index contributed by atoms with van der Waals surface area (Å²) in [6.45, 7) is 6.45. The molecule has 74 valence electrons. The molecule has 0 bridgehead atoms. The van der Waals surface area contributed by atoms with E-state index in [9.17, 15) is 0 Å². The average Bonchev–Trinajstić information content (AvgIpc) is 1.96. The molecule has 13 heavy (non-hydrogen) atoms. The van der Waals surface area contributed by atoms with Crippen molar-refractivity contribution in [2.75, 3.05) is 0 Å². The number of carboxylic acid groups (broad SMARTS) is 1. The van der Waals surface area contributed by atoms with Crippen LogP contribution in [0.15, 0.2) is 11.1 Å². The van der Waals surface area contributed by atoms with Gasteiger partial charge < -0.3 is 9.90 Å². The third-order valence-corrected chi connectivity index (χ3v) is 3.02. The van der Waals surface area contributed by atoms with Gasteiger partial charge >= 0.3 is 5.97 Å². The summed E-state index contributed by atoms with van der Waals surface area (Å²) < 4.78 is 0. The van der Waals surface area contributed by atoms with Crippen molar-refractivity contribution in [1.82, 2.24) is 0 Å². The highest BCUT2D eigenvalue weighted by Crippen LogP contribution is 2.41. The molecule has 0 saturated heterocycles. The van der Waals surface area contributed by atoms with Gasteiger partial charge in [0.05, 0.1) is 0 Å². The Kier molecular flexibility index (Phi) is 2.79. The van der Waals surface area contributed by atoms with Gasteiger partial charge in [-0.25, -0.2) is 0 Å². The lowest BCUT2D eigenvalue weighted by atomic mass is 9.71. The van der Waals surface area contributed by atoms with Gasteiger partial charge in [0.25, 0.3) is 0 Å². The Morgan fingerprint density at radius 3 is 2.62 bits per heavy atom. The Balaban J connectivity index is 2.91. The van der Waals surface area contributed by atoms with Crippen LogP contribution in [0.25, 0.3) is 0 Å². The highest BCUT2D eigenvalue weighted by Gasteiger charge is 2.30. The molecule has 0 saturated carbocycles. The maximum atomic E-state index is 8.89. The van der Waals surface area contributed by atoms with E-state index in [2.05, 4.69) is 20.8 Å². The van der Waals surface area contributed by atoms with E-state index in [4.69, 9.17) is 9.90 Å². The standard InChI is InChI=1S/C11H18O2/c1-8-5-4-6-11(2,3)9(8)7-10(12)13/h4-7H2,1-3H3,(H,12,13)/p+1. The summed E-state index contributed by atoms with van der Waals surface area (Å²) in [5.41, 5.74) is 2.68. The lowest BCUT2D eigenvalue weighted by molar-refractivity contribution is 0.350. The molecule has 0 unspecified atom stereocenters. The molecule has 0 aliphatic heterocycles. The average molecular weight is 183 g/mol. The molecule has 0 aromatic rings. The van der Waals surface area contributed by atoms with Crippen LogP contribution in [-0.2, 0) is 0 Å². The fourth-order valence-electron chi connectivity index (χ4n) is 2.22. The number of aliphatic hydroxyl groups excluding tert-OH is 1. The minimum Gasteiger partial charge on any atom is -0.339 e. The van der Waals surface area contributed by atoms with Crippen molar-refractivity contribution in [2.45, 2.75) is 46.5 Å². The largest absolute Gasteiger partial charge is 0.484 e. The Labute approximate surface area is 79.6 Å². The highest BCUT2D eigenvalue weighted by molar-refractivity contribution is 5.71. The number of allylic oxidation sites excluding steroid dienone is 1. The predicted molar refractivity (Wildman–Crippen MR) is 54.5 cm³/mol. The Bertz CT molecular complexity index is 249. The minimum atomic E-state index is -0.454. The van der Waals surface area contributed by atoms with Gasteiger partial charge in [-0.15, -0.1) is 0 Å². The SMILES string of the molecule is CC1=C(CC(O)=[OH+])C(C)(C)CCC1. The molecule has 0 radical (unpaired) electrons. The Morgan fingerprint density at radius 1 is 1.54 bits per heavy atom. The molecule has 0 aromatic heterocycles. The summed E-state index contributed by atoms with van der Waals surface area (Å²) in [4.78, 5) is 8.89. The van der Waals surface area contributed by atoms with E-state index in [1.165, 1.54) is 17.6 Å². The van der Waals surface area contributed by atoms with Crippen molar-refractivity contribution in [3.05, 3.63) is 11.1 Å². The van der Waals surface area contributed by atoms with Crippen LogP contribution < -0.4 is 0 Å². The molecule has 0 fully saturated rings. The number of aliphatic carboxylic acids is 1. The van der Waals surface area contributed by atoms with Crippen LogP contribution >= 0.6 is 0 Å². The van der Waals surface area contributed by atoms with Crippen LogP contribution in [0.1, 0.15) is 46.5 Å². The van der Waals surface area contributed by atoms with E-state index in [-0.39, 0.29) is 5.41 Å². The summed E-state index contributed by atoms with van der Waals surface area (Å²) in [6.07, 6.45) is 3.80. The first-order valence-corrected chi connectivity index (χ1v) is 4.86. The molecule has 1 aliphatic carbocycles. The fourth-order valence-corrected chi connectivity index (χ4v) is 2.22. The normalized spacial score (nSPS) is 21.8. The third-order valence-electron chi connectivity index (χ3n) is 3.02. The lowest BCUT2D eigenvalue weighted by Gasteiger charge is -2.33. The molecular weight excluding hydrogens is 164 g/mol. The summed E-state index contributed by atoms with van der Waals surface area (Å²) in [6, 6.07) is 0. The van der Waals surface area contributed by atoms with E-state index in [0.717, 1.165) is 12.8 Å². The van der Waals surface area contributed by atoms with Crippen molar-refractivity contribution in [3.63, 3.8) is 0 Å². The summed E-state index contributed by atoms with van der Waals surface area (Å²) in [5, 5.41) is 8.89. The van der Waals surface area contributed by atoms with Crippen LogP contribution in [0.4, 0.5) is 0 Å². The molecule has 0 atom stereocenters. The van der Waals surface area contributed by atoms with E-state index >= 15 is 0 Å². The smallest absolute Gasteiger partial charge is 0.339 e. The number of carboxylic acids is 1. The molecular formula is C11H19O2+. The first-order chi connectivity index (χ1) is 5.93. The van der Waals surface area contributed by atoms with Crippen molar-refractivity contribution in [3.8, 4) is 0 Å². The molecule has 2 heteroatoms. The second-order valence-corrected chi connectivity index (χ2v) is 4.59. The number of hydrogen-bond acceptors (Lipinski definition) is 0. The quantitative estimate of drug-likeness (QED) is 0.519. The van der Waals surface area contributed by atoms with Crippen molar-refractivity contribution in [2.24, 2.45) is 5.41 Å². The van der Waals surface area contributed by atoms with Gasteiger partial charge in [-0.1, -0.05) is 19.4 Å². The second kappa shape index (κ2) is 3.52. The van der Waals surface area contributed by atoms with E-state index in [1.807, 2.05) is 0 Å². The van der Waals surface area contributed by atoms with Crippen molar-refractivity contribution in [1.29, 1.82) is 0 Å². The Hall–Kier alpha value is -0.790. The maximum absolute atomic E-state index is 8.89. The van der Waals surface area contributed by atoms with Crippen molar-refractivity contribution < 1.29 is 9.90 Å². The van der Waals surface area contributed by atoms with Crippen LogP contribution in [-0.4, -0.2) is 15.9 Å². The van der Waals surface area contributed by atoms with Gasteiger partial charge in [-0.3, -0.25) is 0 Å². The third kappa shape index (κ3) is 2.33. The van der Waals surface area contributed by atoms with Crippen LogP contribution in [0.5, 0.6) is 0 Å². The highest BCUT2D eigenvalue weighted by atomic mass is 16.4. The van der Waals surface area contributed by atoms with Crippen LogP contribution in [0.3, 0.4) is 0 Å². The van der Waals surface area contributed by atoms with E-state index < -0.39 is 5.97 Å². The zero-order valence-electron chi connectivity index (χ0n) is 8.72. The monoisotopic (exact) mass is 183 g/mol. The molecule has 0 spiro atoms. The molecule has 1 aliphatic rings. The zero-order valence-corrected chi connectivity index (χ0v) is 8.72. The summed E-state index contributed by atoms with van der Waals surface area (Å²) in [5.74, 6) is -0.454. The first kappa shape index (κ1) is 10.3. The van der Waals surface area contributed by atoms with Crippen molar-refractivity contribution >= 4 is 5.97 Å². The van der Waals surface area contributed by atoms with Crippen LogP contribution in [0, 0.1) is 5.41 Å². The second-order valence-electron chi connectivity index (χ2n) is 4.59. The lowest BCUT2D eigenvalue weighted by Crippen LogP contribution is -2.22. The van der Waals surface area contributed by atoms with E-state index in [0.29, 0.717) is 6.42 Å². The number of hydrogen-bond donors (Lipinski definition) is 1. The molecule has 0 amide bonds. The molecule has 0 heterocycles. The van der Waals surface area contributed by atoms with Gasteiger partial charge in [-0.2, -0.15) is 0 Å². The van der Waals surface area contributed by atoms with Gasteiger partial charge in [0.1, 0.15) is 6.42 Å². The molecule has 2 nitrogen and oxygen atoms in total. The van der Waals surface area contributed by atoms with Gasteiger partial charge in [0.2, 0.25) is 0 Å². The zero-order chi connectivity index (χ0) is 10.1. The van der Waals surface area contributed by atoms with Gasteiger partial charge in [0.15, 0.2) is 0 Å². The predicted octanol–water partition coefficient (Wildman–Crippen LogP) is 2.96. The van der Waals surface area contributed by atoms with E-state index in [1.54, 1.807) is 0 Å². The minimum absolute atomic E-state index is 0.138. The molecule has 0 aromatic carbocycles. The molecule has 2 N–H and O–H groups in total. The van der Waals surface area contributed by atoms with Gasteiger partial charge in [0, 0.05) is 0 Å². The summed E-state index contributed by atoms with van der Waals surface area (Å²) >= 11 is 0. The topological polar surface area (TPSA) is 41.6 Å². The fraction of sp³-hybridized carbons (Fsp3) is 0.727. The Morgan fingerprint density at radius 2 is 2.15 bits per heavy atom. The van der Waals surface area contributed by atoms with Gasteiger partial charge in [-0.05, 0) is 37.2 Å². The number of rotatable bonds is 2. The van der Waals surface area contributed by atoms with Crippen LogP contribution in [0.2, 0.25) is 0 Å². The maximum Gasteiger partial charge on any atom is 0.484 e. The summed E-state index contributed by atoms with van der Waals surface area (Å²) in [7, 11) is 0. The first-order valence-electron chi connectivity index (χ1n) is 4.86.